The third kappa shape index (κ3) is 11.5. The van der Waals surface area contributed by atoms with Gasteiger partial charge in [-0.2, -0.15) is 0 Å². The molecule has 0 heterocycles. The van der Waals surface area contributed by atoms with E-state index in [0.717, 1.165) is 37.7 Å². The van der Waals surface area contributed by atoms with Crippen LogP contribution in [0, 0.1) is 0 Å². The molecule has 1 aromatic rings. The van der Waals surface area contributed by atoms with Gasteiger partial charge in [0.15, 0.2) is 0 Å². The second-order valence-corrected chi connectivity index (χ2v) is 8.45. The Kier molecular flexibility index (Phi) is 13.9. The Morgan fingerprint density at radius 2 is 1.79 bits per heavy atom. The predicted molar refractivity (Wildman–Crippen MR) is 114 cm³/mol. The quantitative estimate of drug-likeness (QED) is 0.364. The maximum absolute atomic E-state index is 12.0. The third-order valence-corrected chi connectivity index (χ3v) is 5.59. The summed E-state index contributed by atoms with van der Waals surface area (Å²) in [5, 5.41) is 9.32. The molecule has 9 heteroatoms. The van der Waals surface area contributed by atoms with Gasteiger partial charge in [-0.1, -0.05) is 38.3 Å². The van der Waals surface area contributed by atoms with Crippen LogP contribution in [-0.2, 0) is 21.2 Å². The van der Waals surface area contributed by atoms with Crippen molar-refractivity contribution in [1.82, 2.24) is 4.72 Å². The number of nitrogens with two attached hydrogens (primary N) is 1. The Labute approximate surface area is 174 Å². The van der Waals surface area contributed by atoms with Gasteiger partial charge in [0.25, 0.3) is 0 Å². The summed E-state index contributed by atoms with van der Waals surface area (Å²) >= 11 is 0. The van der Waals surface area contributed by atoms with Gasteiger partial charge in [0, 0.05) is 0 Å². The van der Waals surface area contributed by atoms with Crippen LogP contribution in [0.15, 0.2) is 24.3 Å². The summed E-state index contributed by atoms with van der Waals surface area (Å²) in [4.78, 5) is 11.4. The van der Waals surface area contributed by atoms with Crippen LogP contribution in [0.3, 0.4) is 0 Å². The number of unbranched alkanes of at least 4 members (excludes halogenated alkanes) is 4. The zero-order valence-electron chi connectivity index (χ0n) is 16.4. The van der Waals surface area contributed by atoms with E-state index in [0.29, 0.717) is 25.3 Å². The first-order chi connectivity index (χ1) is 12.9. The van der Waals surface area contributed by atoms with Crippen LogP contribution >= 0.6 is 12.4 Å². The Balaban J connectivity index is 0.00000729. The predicted octanol–water partition coefficient (Wildman–Crippen LogP) is 2.72. The molecule has 0 aliphatic rings. The molecule has 7 nitrogen and oxygen atoms in total. The highest BCUT2D eigenvalue weighted by Crippen LogP contribution is 2.15. The van der Waals surface area contributed by atoms with Crippen molar-refractivity contribution >= 4 is 28.4 Å². The topological polar surface area (TPSA) is 119 Å². The summed E-state index contributed by atoms with van der Waals surface area (Å²) in [6.07, 6.45) is 5.48. The fourth-order valence-electron chi connectivity index (χ4n) is 2.54. The first-order valence-electron chi connectivity index (χ1n) is 9.52. The van der Waals surface area contributed by atoms with Crippen molar-refractivity contribution < 1.29 is 23.1 Å². The summed E-state index contributed by atoms with van der Waals surface area (Å²) in [6, 6.07) is 5.90. The molecule has 0 aliphatic heterocycles. The third-order valence-electron chi connectivity index (χ3n) is 4.12. The molecule has 0 aliphatic carbocycles. The van der Waals surface area contributed by atoms with Crippen LogP contribution in [0.4, 0.5) is 0 Å². The number of rotatable bonds is 15. The van der Waals surface area contributed by atoms with E-state index >= 15 is 0 Å². The number of hydrogen-bond donors (Lipinski definition) is 3. The van der Waals surface area contributed by atoms with Crippen LogP contribution in [0.2, 0.25) is 0 Å². The fraction of sp³-hybridized carbons (Fsp3) is 0.632. The number of carbonyl (C=O) groups is 1. The molecule has 28 heavy (non-hydrogen) atoms. The van der Waals surface area contributed by atoms with Crippen molar-refractivity contribution in [2.75, 3.05) is 18.9 Å². The van der Waals surface area contributed by atoms with Crippen molar-refractivity contribution in [3.05, 3.63) is 29.8 Å². The fourth-order valence-corrected chi connectivity index (χ4v) is 3.94. The van der Waals surface area contributed by atoms with Gasteiger partial charge in [-0.3, -0.25) is 4.79 Å². The van der Waals surface area contributed by atoms with Gasteiger partial charge in [-0.25, -0.2) is 13.1 Å². The monoisotopic (exact) mass is 436 g/mol. The van der Waals surface area contributed by atoms with Gasteiger partial charge < -0.3 is 15.6 Å². The molecular formula is C19H33ClN2O5S. The number of carboxylic acids is 1. The van der Waals surface area contributed by atoms with E-state index in [1.165, 1.54) is 0 Å². The average molecular weight is 437 g/mol. The SMILES string of the molecule is CCCCS(=O)(=O)N[C@H](Cc1ccc(OCCCCCCN)cc1)C(=O)O.Cl. The van der Waals surface area contributed by atoms with E-state index < -0.39 is 22.0 Å². The zero-order valence-corrected chi connectivity index (χ0v) is 18.1. The van der Waals surface area contributed by atoms with Crippen LogP contribution in [0.5, 0.6) is 5.75 Å². The molecule has 0 unspecified atom stereocenters. The second kappa shape index (κ2) is 14.6. The van der Waals surface area contributed by atoms with E-state index in [4.69, 9.17) is 10.5 Å². The summed E-state index contributed by atoms with van der Waals surface area (Å²) in [5.41, 5.74) is 6.18. The van der Waals surface area contributed by atoms with E-state index in [2.05, 4.69) is 4.72 Å². The highest BCUT2D eigenvalue weighted by atomic mass is 35.5. The molecule has 0 radical (unpaired) electrons. The Morgan fingerprint density at radius 3 is 2.36 bits per heavy atom. The Bertz CT molecular complexity index is 653. The summed E-state index contributed by atoms with van der Waals surface area (Å²) in [7, 11) is -3.60. The molecule has 1 atom stereocenters. The molecule has 0 aromatic heterocycles. The number of sulfonamides is 1. The first-order valence-corrected chi connectivity index (χ1v) is 11.2. The number of hydrogen-bond acceptors (Lipinski definition) is 5. The lowest BCUT2D eigenvalue weighted by Gasteiger charge is -2.15. The lowest BCUT2D eigenvalue weighted by molar-refractivity contribution is -0.138. The van der Waals surface area contributed by atoms with Crippen LogP contribution in [0.25, 0.3) is 0 Å². The van der Waals surface area contributed by atoms with Gasteiger partial charge in [0.2, 0.25) is 10.0 Å². The van der Waals surface area contributed by atoms with Crippen LogP contribution in [0.1, 0.15) is 51.0 Å². The molecule has 0 spiro atoms. The van der Waals surface area contributed by atoms with E-state index in [1.807, 2.05) is 6.92 Å². The van der Waals surface area contributed by atoms with Crippen molar-refractivity contribution in [3.63, 3.8) is 0 Å². The second-order valence-electron chi connectivity index (χ2n) is 6.58. The number of benzene rings is 1. The van der Waals surface area contributed by atoms with Crippen molar-refractivity contribution in [2.24, 2.45) is 5.73 Å². The minimum atomic E-state index is -3.60. The maximum Gasteiger partial charge on any atom is 0.322 e. The van der Waals surface area contributed by atoms with Crippen molar-refractivity contribution in [3.8, 4) is 5.75 Å². The average Bonchev–Trinajstić information content (AvgIpc) is 2.63. The molecule has 0 saturated heterocycles. The van der Waals surface area contributed by atoms with E-state index in [-0.39, 0.29) is 24.6 Å². The van der Waals surface area contributed by atoms with E-state index in [1.54, 1.807) is 24.3 Å². The largest absolute Gasteiger partial charge is 0.494 e. The summed E-state index contributed by atoms with van der Waals surface area (Å²) < 4.78 is 31.9. The molecule has 0 saturated carbocycles. The van der Waals surface area contributed by atoms with Crippen molar-refractivity contribution in [2.45, 2.75) is 57.9 Å². The maximum atomic E-state index is 12.0. The van der Waals surface area contributed by atoms with Crippen LogP contribution < -0.4 is 15.2 Å². The highest BCUT2D eigenvalue weighted by molar-refractivity contribution is 7.89. The molecule has 0 amide bonds. The van der Waals surface area contributed by atoms with Crippen molar-refractivity contribution in [1.29, 1.82) is 0 Å². The minimum absolute atomic E-state index is 0. The smallest absolute Gasteiger partial charge is 0.322 e. The molecule has 1 rings (SSSR count). The number of nitrogens with one attached hydrogen (secondary N) is 1. The Hall–Kier alpha value is -1.35. The van der Waals surface area contributed by atoms with Gasteiger partial charge in [-0.15, -0.1) is 12.4 Å². The van der Waals surface area contributed by atoms with Gasteiger partial charge in [-0.05, 0) is 49.9 Å². The minimum Gasteiger partial charge on any atom is -0.494 e. The lowest BCUT2D eigenvalue weighted by Crippen LogP contribution is -2.43. The summed E-state index contributed by atoms with van der Waals surface area (Å²) in [6.45, 7) is 3.22. The van der Waals surface area contributed by atoms with E-state index in [9.17, 15) is 18.3 Å². The molecule has 4 N–H and O–H groups in total. The normalized spacial score (nSPS) is 12.2. The molecule has 0 fully saturated rings. The standard InChI is InChI=1S/C19H32N2O5S.ClH/c1-2-3-14-27(24,25)21-18(19(22)23)15-16-8-10-17(11-9-16)26-13-7-5-4-6-12-20;/h8-11,18,21H,2-7,12-15,20H2,1H3,(H,22,23);1H/t18-;/m1./s1. The number of ether oxygens (including phenoxy) is 1. The number of halogens is 1. The lowest BCUT2D eigenvalue weighted by atomic mass is 10.1. The number of carboxylic acid groups (broad SMARTS) is 1. The molecule has 162 valence electrons. The van der Waals surface area contributed by atoms with Crippen LogP contribution in [-0.4, -0.2) is 44.4 Å². The Morgan fingerprint density at radius 1 is 1.14 bits per heavy atom. The highest BCUT2D eigenvalue weighted by Gasteiger charge is 2.24. The first kappa shape index (κ1) is 26.6. The van der Waals surface area contributed by atoms with Gasteiger partial charge in [0.1, 0.15) is 11.8 Å². The zero-order chi connectivity index (χ0) is 20.1. The van der Waals surface area contributed by atoms with Gasteiger partial charge in [0.05, 0.1) is 12.4 Å². The molecule has 1 aromatic carbocycles. The van der Waals surface area contributed by atoms with Gasteiger partial charge >= 0.3 is 5.97 Å². The number of aliphatic carboxylic acids is 1. The molecular weight excluding hydrogens is 404 g/mol. The summed E-state index contributed by atoms with van der Waals surface area (Å²) in [5.74, 6) is -0.536. The molecule has 0 bridgehead atoms.